The Labute approximate surface area is 329 Å². The van der Waals surface area contributed by atoms with Gasteiger partial charge >= 0.3 is 0 Å². The zero-order chi connectivity index (χ0) is 37.5. The molecular formula is C54H35N3. The van der Waals surface area contributed by atoms with Gasteiger partial charge in [0.25, 0.3) is 0 Å². The Morgan fingerprint density at radius 3 is 1.35 bits per heavy atom. The lowest BCUT2D eigenvalue weighted by Gasteiger charge is -2.15. The van der Waals surface area contributed by atoms with Gasteiger partial charge in [0.2, 0.25) is 0 Å². The lowest BCUT2D eigenvalue weighted by Crippen LogP contribution is -1.97. The van der Waals surface area contributed by atoms with Gasteiger partial charge in [-0.25, -0.2) is 0 Å². The maximum Gasteiger partial charge on any atom is 0.0641 e. The van der Waals surface area contributed by atoms with E-state index in [1.165, 1.54) is 93.4 Å². The first kappa shape index (κ1) is 31.7. The van der Waals surface area contributed by atoms with E-state index in [4.69, 9.17) is 0 Å². The molecule has 3 nitrogen and oxygen atoms in total. The van der Waals surface area contributed by atoms with E-state index in [-0.39, 0.29) is 0 Å². The molecule has 0 fully saturated rings. The highest BCUT2D eigenvalue weighted by atomic mass is 15.0. The summed E-state index contributed by atoms with van der Waals surface area (Å²) in [4.78, 5) is 0. The quantitative estimate of drug-likeness (QED) is 0.168. The Balaban J connectivity index is 1.17. The van der Waals surface area contributed by atoms with E-state index in [1.807, 2.05) is 0 Å². The lowest BCUT2D eigenvalue weighted by atomic mass is 9.95. The highest BCUT2D eigenvalue weighted by molar-refractivity contribution is 6.29. The molecule has 0 saturated carbocycles. The van der Waals surface area contributed by atoms with Crippen LogP contribution >= 0.6 is 0 Å². The second-order valence-electron chi connectivity index (χ2n) is 14.9. The molecule has 0 amide bonds. The molecule has 9 aromatic carbocycles. The monoisotopic (exact) mass is 725 g/mol. The molecule has 0 aliphatic heterocycles. The van der Waals surface area contributed by atoms with Crippen molar-refractivity contribution in [2.75, 3.05) is 0 Å². The van der Waals surface area contributed by atoms with E-state index >= 15 is 0 Å². The van der Waals surface area contributed by atoms with Gasteiger partial charge in [-0.1, -0.05) is 133 Å². The zero-order valence-electron chi connectivity index (χ0n) is 31.0. The number of fused-ring (bicyclic) bond motifs is 10. The molecule has 266 valence electrons. The van der Waals surface area contributed by atoms with Crippen LogP contribution in [-0.4, -0.2) is 13.7 Å². The summed E-state index contributed by atoms with van der Waals surface area (Å²) in [5, 5.41) is 7.48. The summed E-state index contributed by atoms with van der Waals surface area (Å²) in [6.07, 6.45) is 0. The van der Waals surface area contributed by atoms with Crippen LogP contribution in [0.2, 0.25) is 0 Å². The van der Waals surface area contributed by atoms with Gasteiger partial charge in [0.05, 0.1) is 33.1 Å². The van der Waals surface area contributed by atoms with Crippen molar-refractivity contribution >= 4 is 65.4 Å². The Morgan fingerprint density at radius 2 is 0.702 bits per heavy atom. The standard InChI is InChI=1S/C54H35N3/c1-4-19-39(20-5-1)55-48-28-13-10-25-42(48)46-34-37(31-32-51(46)55)36-17-16-18-38(33-36)45-35-47-43-26-11-14-29-49(43)56(40-21-6-2-7-22-40)54(47)52-44-27-12-15-30-50(44)57(53(45)52)41-23-8-3-9-24-41/h1-35H. The van der Waals surface area contributed by atoms with E-state index in [1.54, 1.807) is 0 Å². The van der Waals surface area contributed by atoms with Crippen molar-refractivity contribution in [3.63, 3.8) is 0 Å². The first-order valence-electron chi connectivity index (χ1n) is 19.6. The Hall–Kier alpha value is -7.62. The van der Waals surface area contributed by atoms with Crippen LogP contribution in [0.5, 0.6) is 0 Å². The molecule has 0 unspecified atom stereocenters. The highest BCUT2D eigenvalue weighted by Gasteiger charge is 2.24. The maximum absolute atomic E-state index is 2.48. The van der Waals surface area contributed by atoms with Crippen molar-refractivity contribution in [2.24, 2.45) is 0 Å². The summed E-state index contributed by atoms with van der Waals surface area (Å²) < 4.78 is 7.32. The van der Waals surface area contributed by atoms with Gasteiger partial charge in [0.1, 0.15) is 0 Å². The number of para-hydroxylation sites is 6. The Kier molecular flexibility index (Phi) is 6.93. The average Bonchev–Trinajstić information content (AvgIpc) is 3.93. The summed E-state index contributed by atoms with van der Waals surface area (Å²) in [5.74, 6) is 0. The molecule has 0 spiro atoms. The summed E-state index contributed by atoms with van der Waals surface area (Å²) >= 11 is 0. The summed E-state index contributed by atoms with van der Waals surface area (Å²) in [6.45, 7) is 0. The number of hydrogen-bond donors (Lipinski definition) is 0. The topological polar surface area (TPSA) is 14.8 Å². The molecule has 0 atom stereocenters. The van der Waals surface area contributed by atoms with Crippen molar-refractivity contribution < 1.29 is 0 Å². The van der Waals surface area contributed by atoms with Crippen LogP contribution in [0.15, 0.2) is 212 Å². The third-order valence-electron chi connectivity index (χ3n) is 11.8. The van der Waals surface area contributed by atoms with Gasteiger partial charge in [-0.05, 0) is 95.6 Å². The van der Waals surface area contributed by atoms with E-state index in [0.29, 0.717) is 0 Å². The third-order valence-corrected chi connectivity index (χ3v) is 11.8. The molecule has 0 radical (unpaired) electrons. The molecule has 0 bridgehead atoms. The maximum atomic E-state index is 2.48. The van der Waals surface area contributed by atoms with Crippen molar-refractivity contribution in [3.05, 3.63) is 212 Å². The molecule has 0 saturated heterocycles. The van der Waals surface area contributed by atoms with Crippen LogP contribution < -0.4 is 0 Å². The van der Waals surface area contributed by atoms with Crippen molar-refractivity contribution in [2.45, 2.75) is 0 Å². The fraction of sp³-hybridized carbons (Fsp3) is 0. The fourth-order valence-electron chi connectivity index (χ4n) is 9.39. The second-order valence-corrected chi connectivity index (χ2v) is 14.9. The number of rotatable bonds is 5. The van der Waals surface area contributed by atoms with E-state index < -0.39 is 0 Å². The minimum Gasteiger partial charge on any atom is -0.309 e. The number of benzene rings is 9. The van der Waals surface area contributed by atoms with E-state index in [2.05, 4.69) is 226 Å². The smallest absolute Gasteiger partial charge is 0.0641 e. The molecule has 12 aromatic rings. The number of aromatic nitrogens is 3. The van der Waals surface area contributed by atoms with Crippen molar-refractivity contribution in [1.82, 2.24) is 13.7 Å². The molecule has 3 aromatic heterocycles. The minimum atomic E-state index is 1.14. The fourth-order valence-corrected chi connectivity index (χ4v) is 9.39. The molecule has 57 heavy (non-hydrogen) atoms. The van der Waals surface area contributed by atoms with E-state index in [9.17, 15) is 0 Å². The van der Waals surface area contributed by atoms with Gasteiger partial charge in [-0.3, -0.25) is 0 Å². The molecule has 0 aliphatic carbocycles. The predicted molar refractivity (Wildman–Crippen MR) is 240 cm³/mol. The normalized spacial score (nSPS) is 11.9. The number of hydrogen-bond acceptors (Lipinski definition) is 0. The van der Waals surface area contributed by atoms with Crippen LogP contribution in [0, 0.1) is 0 Å². The van der Waals surface area contributed by atoms with Crippen molar-refractivity contribution in [3.8, 4) is 39.3 Å². The number of nitrogens with zero attached hydrogens (tertiary/aromatic N) is 3. The van der Waals surface area contributed by atoms with Crippen LogP contribution in [0.25, 0.3) is 105 Å². The summed E-state index contributed by atoms with van der Waals surface area (Å²) in [7, 11) is 0. The van der Waals surface area contributed by atoms with Crippen LogP contribution in [0.4, 0.5) is 0 Å². The molecule has 0 aliphatic rings. The van der Waals surface area contributed by atoms with E-state index in [0.717, 1.165) is 11.4 Å². The van der Waals surface area contributed by atoms with Crippen LogP contribution in [-0.2, 0) is 0 Å². The van der Waals surface area contributed by atoms with Gasteiger partial charge in [-0.2, -0.15) is 0 Å². The van der Waals surface area contributed by atoms with Gasteiger partial charge in [0, 0.05) is 54.9 Å². The molecule has 12 rings (SSSR count). The average molecular weight is 726 g/mol. The largest absolute Gasteiger partial charge is 0.309 e. The van der Waals surface area contributed by atoms with Gasteiger partial charge in [0.15, 0.2) is 0 Å². The Bertz CT molecular complexity index is 3500. The van der Waals surface area contributed by atoms with Crippen LogP contribution in [0.1, 0.15) is 0 Å². The summed E-state index contributed by atoms with van der Waals surface area (Å²) in [5.41, 5.74) is 15.5. The molecule has 0 N–H and O–H groups in total. The zero-order valence-corrected chi connectivity index (χ0v) is 31.0. The summed E-state index contributed by atoms with van der Waals surface area (Å²) in [6, 6.07) is 77.4. The van der Waals surface area contributed by atoms with Crippen molar-refractivity contribution in [1.29, 1.82) is 0 Å². The SMILES string of the molecule is c1ccc(-n2c3ccccc3c3cc(-c4cccc(-c5cc6c7ccccc7n(-c7ccccc7)c6c6c7ccccc7n(-c7ccccc7)c56)c4)ccc32)cc1. The lowest BCUT2D eigenvalue weighted by molar-refractivity contribution is 1.17. The van der Waals surface area contributed by atoms with Gasteiger partial charge < -0.3 is 13.7 Å². The predicted octanol–water partition coefficient (Wildman–Crippen LogP) is 14.3. The Morgan fingerprint density at radius 1 is 0.246 bits per heavy atom. The highest BCUT2D eigenvalue weighted by Crippen LogP contribution is 2.47. The minimum absolute atomic E-state index is 1.14. The molecule has 3 heteroatoms. The third kappa shape index (κ3) is 4.73. The molecular weight excluding hydrogens is 691 g/mol. The van der Waals surface area contributed by atoms with Gasteiger partial charge in [-0.15, -0.1) is 0 Å². The first-order chi connectivity index (χ1) is 28.3. The first-order valence-corrected chi connectivity index (χ1v) is 19.6. The van der Waals surface area contributed by atoms with Crippen LogP contribution in [0.3, 0.4) is 0 Å². The molecule has 3 heterocycles. The second kappa shape index (κ2) is 12.5.